The van der Waals surface area contributed by atoms with E-state index in [0.29, 0.717) is 5.75 Å². The standard InChI is InChI=1S/C16H15N3O2/c1-20-13-8-9-14(16(10-13)21-2)15-11-17-19(18-15)12-6-4-3-5-7-12/h3-11H,1-2H3. The van der Waals surface area contributed by atoms with Gasteiger partial charge in [0.05, 0.1) is 26.1 Å². The molecule has 0 atom stereocenters. The topological polar surface area (TPSA) is 49.2 Å². The van der Waals surface area contributed by atoms with Gasteiger partial charge in [0.15, 0.2) is 0 Å². The lowest BCUT2D eigenvalue weighted by Crippen LogP contribution is -1.98. The number of methoxy groups -OCH3 is 2. The van der Waals surface area contributed by atoms with Crippen LogP contribution in [0, 0.1) is 0 Å². The van der Waals surface area contributed by atoms with E-state index in [1.807, 2.05) is 48.5 Å². The van der Waals surface area contributed by atoms with Crippen LogP contribution >= 0.6 is 0 Å². The Morgan fingerprint density at radius 1 is 0.952 bits per heavy atom. The number of aromatic nitrogens is 3. The molecule has 0 N–H and O–H groups in total. The van der Waals surface area contributed by atoms with Gasteiger partial charge in [-0.05, 0) is 24.3 Å². The summed E-state index contributed by atoms with van der Waals surface area (Å²) >= 11 is 0. The van der Waals surface area contributed by atoms with Gasteiger partial charge in [0.2, 0.25) is 0 Å². The molecule has 21 heavy (non-hydrogen) atoms. The smallest absolute Gasteiger partial charge is 0.132 e. The molecule has 106 valence electrons. The van der Waals surface area contributed by atoms with Crippen LogP contribution in [0.1, 0.15) is 0 Å². The maximum absolute atomic E-state index is 5.40. The number of hydrogen-bond acceptors (Lipinski definition) is 4. The van der Waals surface area contributed by atoms with Gasteiger partial charge < -0.3 is 9.47 Å². The van der Waals surface area contributed by atoms with Gasteiger partial charge in [-0.3, -0.25) is 0 Å². The van der Waals surface area contributed by atoms with Crippen LogP contribution < -0.4 is 9.47 Å². The monoisotopic (exact) mass is 281 g/mol. The van der Waals surface area contributed by atoms with Crippen molar-refractivity contribution in [2.24, 2.45) is 0 Å². The van der Waals surface area contributed by atoms with E-state index in [4.69, 9.17) is 9.47 Å². The fourth-order valence-electron chi connectivity index (χ4n) is 2.08. The molecule has 0 radical (unpaired) electrons. The molecular formula is C16H15N3O2. The summed E-state index contributed by atoms with van der Waals surface area (Å²) in [5.41, 5.74) is 2.54. The molecule has 0 bridgehead atoms. The quantitative estimate of drug-likeness (QED) is 0.737. The third-order valence-corrected chi connectivity index (χ3v) is 3.16. The predicted molar refractivity (Wildman–Crippen MR) is 79.9 cm³/mol. The first-order chi connectivity index (χ1) is 10.3. The second-order valence-corrected chi connectivity index (χ2v) is 4.42. The Bertz CT molecular complexity index is 738. The van der Waals surface area contributed by atoms with Crippen LogP contribution in [-0.4, -0.2) is 29.2 Å². The molecule has 3 rings (SSSR count). The van der Waals surface area contributed by atoms with Gasteiger partial charge in [-0.25, -0.2) is 0 Å². The molecule has 5 nitrogen and oxygen atoms in total. The molecule has 0 aliphatic carbocycles. The number of hydrogen-bond donors (Lipinski definition) is 0. The van der Waals surface area contributed by atoms with Gasteiger partial charge in [-0.2, -0.15) is 9.90 Å². The van der Waals surface area contributed by atoms with E-state index in [2.05, 4.69) is 10.2 Å². The fourth-order valence-corrected chi connectivity index (χ4v) is 2.08. The van der Waals surface area contributed by atoms with E-state index in [1.54, 1.807) is 25.2 Å². The minimum atomic E-state index is 0.703. The number of para-hydroxylation sites is 1. The van der Waals surface area contributed by atoms with Gasteiger partial charge in [0, 0.05) is 11.6 Å². The van der Waals surface area contributed by atoms with Crippen molar-refractivity contribution >= 4 is 0 Å². The summed E-state index contributed by atoms with van der Waals surface area (Å²) in [6.45, 7) is 0. The predicted octanol–water partition coefficient (Wildman–Crippen LogP) is 2.95. The van der Waals surface area contributed by atoms with E-state index in [0.717, 1.165) is 22.7 Å². The average Bonchev–Trinajstić information content (AvgIpc) is 3.04. The normalized spacial score (nSPS) is 10.4. The van der Waals surface area contributed by atoms with E-state index < -0.39 is 0 Å². The summed E-state index contributed by atoms with van der Waals surface area (Å²) in [6, 6.07) is 15.4. The van der Waals surface area contributed by atoms with Crippen LogP contribution in [-0.2, 0) is 0 Å². The van der Waals surface area contributed by atoms with Crippen molar-refractivity contribution in [3.63, 3.8) is 0 Å². The average molecular weight is 281 g/mol. The van der Waals surface area contributed by atoms with Crippen LogP contribution in [0.25, 0.3) is 16.9 Å². The lowest BCUT2D eigenvalue weighted by atomic mass is 10.1. The van der Waals surface area contributed by atoms with Gasteiger partial charge in [-0.15, -0.1) is 5.10 Å². The molecule has 0 aliphatic rings. The fraction of sp³-hybridized carbons (Fsp3) is 0.125. The van der Waals surface area contributed by atoms with E-state index in [-0.39, 0.29) is 0 Å². The van der Waals surface area contributed by atoms with Gasteiger partial charge >= 0.3 is 0 Å². The van der Waals surface area contributed by atoms with Crippen molar-refractivity contribution in [2.75, 3.05) is 14.2 Å². The van der Waals surface area contributed by atoms with Crippen molar-refractivity contribution in [3.8, 4) is 28.4 Å². The molecule has 0 unspecified atom stereocenters. The second-order valence-electron chi connectivity index (χ2n) is 4.42. The number of nitrogens with zero attached hydrogens (tertiary/aromatic N) is 3. The maximum Gasteiger partial charge on any atom is 0.132 e. The van der Waals surface area contributed by atoms with Crippen LogP contribution in [0.4, 0.5) is 0 Å². The zero-order chi connectivity index (χ0) is 14.7. The van der Waals surface area contributed by atoms with Crippen LogP contribution in [0.3, 0.4) is 0 Å². The van der Waals surface area contributed by atoms with Gasteiger partial charge in [0.25, 0.3) is 0 Å². The first kappa shape index (κ1) is 13.2. The largest absolute Gasteiger partial charge is 0.497 e. The van der Waals surface area contributed by atoms with Crippen molar-refractivity contribution in [1.29, 1.82) is 0 Å². The second kappa shape index (κ2) is 5.66. The molecule has 0 saturated heterocycles. The first-order valence-corrected chi connectivity index (χ1v) is 6.52. The Morgan fingerprint density at radius 3 is 2.48 bits per heavy atom. The summed E-state index contributed by atoms with van der Waals surface area (Å²) in [5.74, 6) is 1.44. The van der Waals surface area contributed by atoms with Crippen molar-refractivity contribution in [3.05, 3.63) is 54.7 Å². The highest BCUT2D eigenvalue weighted by molar-refractivity contribution is 5.67. The maximum atomic E-state index is 5.40. The Morgan fingerprint density at radius 2 is 1.76 bits per heavy atom. The van der Waals surface area contributed by atoms with E-state index in [1.165, 1.54) is 0 Å². The Kier molecular flexibility index (Phi) is 3.55. The Balaban J connectivity index is 2.00. The van der Waals surface area contributed by atoms with Crippen molar-refractivity contribution in [2.45, 2.75) is 0 Å². The van der Waals surface area contributed by atoms with E-state index in [9.17, 15) is 0 Å². The molecule has 1 heterocycles. The summed E-state index contributed by atoms with van der Waals surface area (Å²) in [6.07, 6.45) is 1.72. The molecule has 3 aromatic rings. The summed E-state index contributed by atoms with van der Waals surface area (Å²) in [4.78, 5) is 1.60. The lowest BCUT2D eigenvalue weighted by Gasteiger charge is -2.08. The van der Waals surface area contributed by atoms with Gasteiger partial charge in [0.1, 0.15) is 17.2 Å². The number of rotatable bonds is 4. The molecule has 0 spiro atoms. The molecule has 0 amide bonds. The highest BCUT2D eigenvalue weighted by atomic mass is 16.5. The van der Waals surface area contributed by atoms with Gasteiger partial charge in [-0.1, -0.05) is 18.2 Å². The SMILES string of the molecule is COc1ccc(-c2cnn(-c3ccccc3)n2)c(OC)c1. The molecule has 0 fully saturated rings. The van der Waals surface area contributed by atoms with Crippen molar-refractivity contribution < 1.29 is 9.47 Å². The minimum absolute atomic E-state index is 0.703. The van der Waals surface area contributed by atoms with Crippen LogP contribution in [0.2, 0.25) is 0 Å². The summed E-state index contributed by atoms with van der Waals surface area (Å²) < 4.78 is 10.6. The van der Waals surface area contributed by atoms with E-state index >= 15 is 0 Å². The number of ether oxygens (including phenoxy) is 2. The number of benzene rings is 2. The summed E-state index contributed by atoms with van der Waals surface area (Å²) in [7, 11) is 3.25. The van der Waals surface area contributed by atoms with Crippen LogP contribution in [0.5, 0.6) is 11.5 Å². The highest BCUT2D eigenvalue weighted by Crippen LogP contribution is 2.31. The zero-order valence-electron chi connectivity index (χ0n) is 11.9. The third kappa shape index (κ3) is 2.58. The van der Waals surface area contributed by atoms with Crippen LogP contribution in [0.15, 0.2) is 54.7 Å². The molecule has 1 aromatic heterocycles. The van der Waals surface area contributed by atoms with Crippen molar-refractivity contribution in [1.82, 2.24) is 15.0 Å². The first-order valence-electron chi connectivity index (χ1n) is 6.52. The minimum Gasteiger partial charge on any atom is -0.497 e. The molecule has 5 heteroatoms. The lowest BCUT2D eigenvalue weighted by molar-refractivity contribution is 0.395. The molecule has 0 aliphatic heterocycles. The Labute approximate surface area is 122 Å². The molecule has 0 saturated carbocycles. The molecule has 2 aromatic carbocycles. The third-order valence-electron chi connectivity index (χ3n) is 3.16. The Hall–Kier alpha value is -2.82. The summed E-state index contributed by atoms with van der Waals surface area (Å²) in [5, 5.41) is 8.80. The molecular weight excluding hydrogens is 266 g/mol. The highest BCUT2D eigenvalue weighted by Gasteiger charge is 2.11. The zero-order valence-corrected chi connectivity index (χ0v) is 11.9.